The first-order chi connectivity index (χ1) is 10.3. The third kappa shape index (κ3) is 4.96. The van der Waals surface area contributed by atoms with Crippen molar-refractivity contribution in [3.8, 4) is 0 Å². The molecule has 0 spiro atoms. The van der Waals surface area contributed by atoms with Crippen LogP contribution >= 0.6 is 0 Å². The van der Waals surface area contributed by atoms with E-state index in [0.717, 1.165) is 36.9 Å². The van der Waals surface area contributed by atoms with Crippen LogP contribution in [0.15, 0.2) is 54.6 Å². The van der Waals surface area contributed by atoms with Crippen molar-refractivity contribution >= 4 is 0 Å². The summed E-state index contributed by atoms with van der Waals surface area (Å²) in [7, 11) is 0. The molecule has 0 radical (unpaired) electrons. The Morgan fingerprint density at radius 1 is 0.905 bits per heavy atom. The standard InChI is InChI=1S/C18H22FNO/c19-17-11-7-10-16(14-17)18(15-8-3-1-4-9-15)20-12-5-2-6-13-21/h1,3-4,7-11,14,18,20-21H,2,5-6,12-13H2. The van der Waals surface area contributed by atoms with Gasteiger partial charge in [-0.3, -0.25) is 0 Å². The number of rotatable bonds is 8. The molecule has 2 nitrogen and oxygen atoms in total. The minimum atomic E-state index is -0.212. The van der Waals surface area contributed by atoms with Crippen LogP contribution in [0.2, 0.25) is 0 Å². The molecule has 1 atom stereocenters. The van der Waals surface area contributed by atoms with Gasteiger partial charge in [0, 0.05) is 6.61 Å². The third-order valence-electron chi connectivity index (χ3n) is 3.50. The van der Waals surface area contributed by atoms with E-state index in [1.165, 1.54) is 6.07 Å². The average Bonchev–Trinajstić information content (AvgIpc) is 2.52. The van der Waals surface area contributed by atoms with Gasteiger partial charge in [-0.1, -0.05) is 42.5 Å². The second-order valence-electron chi connectivity index (χ2n) is 5.14. The Balaban J connectivity index is 2.08. The summed E-state index contributed by atoms with van der Waals surface area (Å²) in [5, 5.41) is 12.3. The summed E-state index contributed by atoms with van der Waals surface area (Å²) in [6, 6.07) is 16.8. The molecule has 0 aliphatic rings. The van der Waals surface area contributed by atoms with Crippen molar-refractivity contribution in [2.45, 2.75) is 25.3 Å². The zero-order valence-corrected chi connectivity index (χ0v) is 12.1. The van der Waals surface area contributed by atoms with E-state index in [1.54, 1.807) is 12.1 Å². The van der Waals surface area contributed by atoms with Gasteiger partial charge >= 0.3 is 0 Å². The van der Waals surface area contributed by atoms with E-state index in [9.17, 15) is 4.39 Å². The molecule has 2 aromatic rings. The number of benzene rings is 2. The highest BCUT2D eigenvalue weighted by Crippen LogP contribution is 2.22. The van der Waals surface area contributed by atoms with Gasteiger partial charge in [-0.05, 0) is 49.1 Å². The van der Waals surface area contributed by atoms with Gasteiger partial charge in [-0.25, -0.2) is 4.39 Å². The molecule has 0 aromatic heterocycles. The van der Waals surface area contributed by atoms with E-state index < -0.39 is 0 Å². The molecular weight excluding hydrogens is 265 g/mol. The highest BCUT2D eigenvalue weighted by molar-refractivity contribution is 5.31. The topological polar surface area (TPSA) is 32.3 Å². The summed E-state index contributed by atoms with van der Waals surface area (Å²) in [6.07, 6.45) is 2.82. The van der Waals surface area contributed by atoms with E-state index in [0.29, 0.717) is 0 Å². The molecule has 0 saturated carbocycles. The Bertz CT molecular complexity index is 530. The van der Waals surface area contributed by atoms with Crippen LogP contribution in [0.25, 0.3) is 0 Å². The maximum absolute atomic E-state index is 13.5. The van der Waals surface area contributed by atoms with Gasteiger partial charge in [0.2, 0.25) is 0 Å². The normalized spacial score (nSPS) is 12.3. The minimum Gasteiger partial charge on any atom is -0.396 e. The van der Waals surface area contributed by atoms with Crippen LogP contribution < -0.4 is 5.32 Å². The lowest BCUT2D eigenvalue weighted by molar-refractivity contribution is 0.282. The van der Waals surface area contributed by atoms with Crippen LogP contribution in [-0.4, -0.2) is 18.3 Å². The van der Waals surface area contributed by atoms with Crippen molar-refractivity contribution in [2.24, 2.45) is 0 Å². The van der Waals surface area contributed by atoms with Crippen LogP contribution in [0, 0.1) is 5.82 Å². The van der Waals surface area contributed by atoms with Gasteiger partial charge in [0.25, 0.3) is 0 Å². The molecule has 0 amide bonds. The first-order valence-corrected chi connectivity index (χ1v) is 7.46. The predicted molar refractivity (Wildman–Crippen MR) is 83.6 cm³/mol. The summed E-state index contributed by atoms with van der Waals surface area (Å²) >= 11 is 0. The lowest BCUT2D eigenvalue weighted by atomic mass is 9.98. The Hall–Kier alpha value is -1.71. The number of halogens is 1. The predicted octanol–water partition coefficient (Wildman–Crippen LogP) is 3.67. The molecule has 3 heteroatoms. The molecule has 1 unspecified atom stereocenters. The van der Waals surface area contributed by atoms with Crippen molar-refractivity contribution in [3.05, 3.63) is 71.5 Å². The van der Waals surface area contributed by atoms with E-state index in [4.69, 9.17) is 5.11 Å². The second kappa shape index (κ2) is 8.55. The van der Waals surface area contributed by atoms with Crippen LogP contribution in [0.5, 0.6) is 0 Å². The molecule has 0 aliphatic carbocycles. The minimum absolute atomic E-state index is 0.00368. The highest BCUT2D eigenvalue weighted by Gasteiger charge is 2.13. The van der Waals surface area contributed by atoms with Crippen molar-refractivity contribution in [3.63, 3.8) is 0 Å². The molecule has 112 valence electrons. The molecular formula is C18H22FNO. The molecule has 0 bridgehead atoms. The lowest BCUT2D eigenvalue weighted by Gasteiger charge is -2.20. The summed E-state index contributed by atoms with van der Waals surface area (Å²) < 4.78 is 13.5. The smallest absolute Gasteiger partial charge is 0.123 e. The highest BCUT2D eigenvalue weighted by atomic mass is 19.1. The van der Waals surface area contributed by atoms with Crippen LogP contribution in [0.3, 0.4) is 0 Å². The van der Waals surface area contributed by atoms with Crippen LogP contribution in [0.4, 0.5) is 4.39 Å². The Morgan fingerprint density at radius 2 is 1.67 bits per heavy atom. The molecule has 21 heavy (non-hydrogen) atoms. The zero-order valence-electron chi connectivity index (χ0n) is 12.1. The van der Waals surface area contributed by atoms with Gasteiger partial charge in [0.05, 0.1) is 6.04 Å². The summed E-state index contributed by atoms with van der Waals surface area (Å²) in [6.45, 7) is 1.09. The number of hydrogen-bond donors (Lipinski definition) is 2. The monoisotopic (exact) mass is 287 g/mol. The Kier molecular flexibility index (Phi) is 6.38. The number of aliphatic hydroxyl groups excluding tert-OH is 1. The lowest BCUT2D eigenvalue weighted by Crippen LogP contribution is -2.23. The fourth-order valence-electron chi connectivity index (χ4n) is 2.42. The maximum Gasteiger partial charge on any atom is 0.123 e. The quantitative estimate of drug-likeness (QED) is 0.726. The van der Waals surface area contributed by atoms with E-state index >= 15 is 0 Å². The molecule has 2 rings (SSSR count). The van der Waals surface area contributed by atoms with Crippen LogP contribution in [0.1, 0.15) is 36.4 Å². The Morgan fingerprint density at radius 3 is 2.38 bits per heavy atom. The SMILES string of the molecule is OCCCCCNC(c1ccccc1)c1cccc(F)c1. The zero-order chi connectivity index (χ0) is 14.9. The van der Waals surface area contributed by atoms with Crippen molar-refractivity contribution in [1.29, 1.82) is 0 Å². The van der Waals surface area contributed by atoms with E-state index in [-0.39, 0.29) is 18.5 Å². The first kappa shape index (κ1) is 15.7. The van der Waals surface area contributed by atoms with Gasteiger partial charge in [-0.2, -0.15) is 0 Å². The fraction of sp³-hybridized carbons (Fsp3) is 0.333. The summed E-state index contributed by atoms with van der Waals surface area (Å²) in [5.41, 5.74) is 2.06. The van der Waals surface area contributed by atoms with Crippen molar-refractivity contribution < 1.29 is 9.50 Å². The van der Waals surface area contributed by atoms with Crippen molar-refractivity contribution in [1.82, 2.24) is 5.32 Å². The molecule has 2 aromatic carbocycles. The largest absolute Gasteiger partial charge is 0.396 e. The van der Waals surface area contributed by atoms with Gasteiger partial charge < -0.3 is 10.4 Å². The fourth-order valence-corrected chi connectivity index (χ4v) is 2.42. The van der Waals surface area contributed by atoms with Gasteiger partial charge in [0.1, 0.15) is 5.82 Å². The number of unbranched alkanes of at least 4 members (excludes halogenated alkanes) is 2. The Labute approximate surface area is 125 Å². The molecule has 0 heterocycles. The van der Waals surface area contributed by atoms with Gasteiger partial charge in [-0.15, -0.1) is 0 Å². The number of hydrogen-bond acceptors (Lipinski definition) is 2. The van der Waals surface area contributed by atoms with Crippen molar-refractivity contribution in [2.75, 3.05) is 13.2 Å². The molecule has 0 aliphatic heterocycles. The number of nitrogens with one attached hydrogen (secondary N) is 1. The van der Waals surface area contributed by atoms with E-state index in [2.05, 4.69) is 17.4 Å². The van der Waals surface area contributed by atoms with E-state index in [1.807, 2.05) is 24.3 Å². The molecule has 2 N–H and O–H groups in total. The molecule has 0 saturated heterocycles. The molecule has 0 fully saturated rings. The van der Waals surface area contributed by atoms with Crippen LogP contribution in [-0.2, 0) is 0 Å². The average molecular weight is 287 g/mol. The maximum atomic E-state index is 13.5. The number of aliphatic hydroxyl groups is 1. The van der Waals surface area contributed by atoms with Gasteiger partial charge in [0.15, 0.2) is 0 Å². The second-order valence-corrected chi connectivity index (χ2v) is 5.14. The first-order valence-electron chi connectivity index (χ1n) is 7.46. The third-order valence-corrected chi connectivity index (χ3v) is 3.50. The summed E-state index contributed by atoms with van der Waals surface area (Å²) in [5.74, 6) is -0.212. The summed E-state index contributed by atoms with van der Waals surface area (Å²) in [4.78, 5) is 0.